The lowest BCUT2D eigenvalue weighted by Crippen LogP contribution is -2.42. The minimum absolute atomic E-state index is 0.00757. The summed E-state index contributed by atoms with van der Waals surface area (Å²) in [6, 6.07) is 4.93. The van der Waals surface area contributed by atoms with Crippen LogP contribution in [0.2, 0.25) is 0 Å². The van der Waals surface area contributed by atoms with Gasteiger partial charge in [-0.2, -0.15) is 0 Å². The van der Waals surface area contributed by atoms with E-state index in [0.29, 0.717) is 26.1 Å². The highest BCUT2D eigenvalue weighted by Gasteiger charge is 2.27. The van der Waals surface area contributed by atoms with Crippen molar-refractivity contribution < 1.29 is 14.7 Å². The summed E-state index contributed by atoms with van der Waals surface area (Å²) in [5, 5.41) is 8.97. The Morgan fingerprint density at radius 3 is 2.58 bits per heavy atom. The molecule has 1 aliphatic heterocycles. The van der Waals surface area contributed by atoms with Crippen LogP contribution >= 0.6 is 0 Å². The molecule has 1 aliphatic rings. The first kappa shape index (κ1) is 13.4. The van der Waals surface area contributed by atoms with E-state index in [1.165, 1.54) is 0 Å². The number of benzene rings is 1. The number of carbonyl (C=O) groups is 2. The maximum Gasteiger partial charge on any atom is 0.335 e. The Kier molecular flexibility index (Phi) is 3.74. The second-order valence-electron chi connectivity index (χ2n) is 4.51. The fourth-order valence-corrected chi connectivity index (χ4v) is 2.40. The van der Waals surface area contributed by atoms with Crippen molar-refractivity contribution in [1.29, 1.82) is 0 Å². The third-order valence-electron chi connectivity index (χ3n) is 3.49. The molecule has 5 nitrogen and oxygen atoms in total. The average molecular weight is 262 g/mol. The SMILES string of the molecule is CCN(CC)C(=O)N1CCc2cc(C(=O)O)ccc21. The summed E-state index contributed by atoms with van der Waals surface area (Å²) >= 11 is 0. The second kappa shape index (κ2) is 5.30. The molecular formula is C14H18N2O3. The fourth-order valence-electron chi connectivity index (χ4n) is 2.40. The molecule has 1 N–H and O–H groups in total. The maximum absolute atomic E-state index is 12.3. The smallest absolute Gasteiger partial charge is 0.335 e. The van der Waals surface area contributed by atoms with Crippen molar-refractivity contribution >= 4 is 17.7 Å². The first-order valence-corrected chi connectivity index (χ1v) is 6.51. The van der Waals surface area contributed by atoms with Gasteiger partial charge in [0, 0.05) is 25.3 Å². The number of nitrogens with zero attached hydrogens (tertiary/aromatic N) is 2. The number of carboxylic acid groups (broad SMARTS) is 1. The van der Waals surface area contributed by atoms with Gasteiger partial charge >= 0.3 is 12.0 Å². The van der Waals surface area contributed by atoms with Crippen molar-refractivity contribution in [1.82, 2.24) is 4.90 Å². The molecule has 0 spiro atoms. The number of rotatable bonds is 3. The van der Waals surface area contributed by atoms with E-state index in [0.717, 1.165) is 11.3 Å². The first-order chi connectivity index (χ1) is 9.08. The number of carboxylic acids is 1. The first-order valence-electron chi connectivity index (χ1n) is 6.51. The van der Waals surface area contributed by atoms with E-state index >= 15 is 0 Å². The Bertz CT molecular complexity index is 509. The van der Waals surface area contributed by atoms with Crippen molar-refractivity contribution in [3.8, 4) is 0 Å². The fraction of sp³-hybridized carbons (Fsp3) is 0.429. The van der Waals surface area contributed by atoms with Crippen molar-refractivity contribution in [3.05, 3.63) is 29.3 Å². The molecule has 0 unspecified atom stereocenters. The van der Waals surface area contributed by atoms with E-state index in [-0.39, 0.29) is 11.6 Å². The number of aromatic carboxylic acids is 1. The summed E-state index contributed by atoms with van der Waals surface area (Å²) in [6.07, 6.45) is 0.712. The molecule has 0 aliphatic carbocycles. The lowest BCUT2D eigenvalue weighted by Gasteiger charge is -2.26. The number of anilines is 1. The van der Waals surface area contributed by atoms with E-state index in [1.54, 1.807) is 28.0 Å². The van der Waals surface area contributed by atoms with Crippen LogP contribution in [0.5, 0.6) is 0 Å². The van der Waals surface area contributed by atoms with Gasteiger partial charge in [-0.1, -0.05) is 0 Å². The number of hydrogen-bond acceptors (Lipinski definition) is 2. The van der Waals surface area contributed by atoms with Gasteiger partial charge in [0.25, 0.3) is 0 Å². The molecular weight excluding hydrogens is 244 g/mol. The van der Waals surface area contributed by atoms with Gasteiger partial charge in [0.05, 0.1) is 5.56 Å². The Labute approximate surface area is 112 Å². The van der Waals surface area contributed by atoms with Crippen molar-refractivity contribution in [3.63, 3.8) is 0 Å². The summed E-state index contributed by atoms with van der Waals surface area (Å²) in [6.45, 7) is 5.87. The van der Waals surface area contributed by atoms with Gasteiger partial charge in [-0.25, -0.2) is 9.59 Å². The molecule has 2 amide bonds. The van der Waals surface area contributed by atoms with E-state index in [9.17, 15) is 9.59 Å². The topological polar surface area (TPSA) is 60.9 Å². The third kappa shape index (κ3) is 2.41. The van der Waals surface area contributed by atoms with Crippen molar-refractivity contribution in [2.45, 2.75) is 20.3 Å². The van der Waals surface area contributed by atoms with Gasteiger partial charge < -0.3 is 10.0 Å². The molecule has 0 fully saturated rings. The molecule has 1 aromatic rings. The predicted molar refractivity (Wildman–Crippen MR) is 72.8 cm³/mol. The van der Waals surface area contributed by atoms with E-state index in [1.807, 2.05) is 13.8 Å². The minimum Gasteiger partial charge on any atom is -0.478 e. The standard InChI is InChI=1S/C14H18N2O3/c1-3-15(4-2)14(19)16-8-7-10-9-11(13(17)18)5-6-12(10)16/h5-6,9H,3-4,7-8H2,1-2H3,(H,17,18). The predicted octanol–water partition coefficient (Wildman–Crippen LogP) is 2.21. The quantitative estimate of drug-likeness (QED) is 0.908. The van der Waals surface area contributed by atoms with Gasteiger partial charge in [0.1, 0.15) is 0 Å². The molecule has 102 valence electrons. The molecule has 0 atom stereocenters. The zero-order chi connectivity index (χ0) is 14.0. The number of fused-ring (bicyclic) bond motifs is 1. The van der Waals surface area contributed by atoms with Crippen LogP contribution in [0.4, 0.5) is 10.5 Å². The van der Waals surface area contributed by atoms with Crippen molar-refractivity contribution in [2.75, 3.05) is 24.5 Å². The Hall–Kier alpha value is -2.04. The summed E-state index contributed by atoms with van der Waals surface area (Å²) < 4.78 is 0. The van der Waals surface area contributed by atoms with E-state index in [4.69, 9.17) is 5.11 Å². The molecule has 0 saturated carbocycles. The highest BCUT2D eigenvalue weighted by molar-refractivity contribution is 5.96. The van der Waals surface area contributed by atoms with Crippen LogP contribution in [0, 0.1) is 0 Å². The van der Waals surface area contributed by atoms with Gasteiger partial charge in [0.15, 0.2) is 0 Å². The van der Waals surface area contributed by atoms with E-state index in [2.05, 4.69) is 0 Å². The zero-order valence-electron chi connectivity index (χ0n) is 11.2. The maximum atomic E-state index is 12.3. The molecule has 19 heavy (non-hydrogen) atoms. The number of amides is 2. The van der Waals surface area contributed by atoms with Crippen LogP contribution in [0.3, 0.4) is 0 Å². The normalized spacial score (nSPS) is 13.3. The summed E-state index contributed by atoms with van der Waals surface area (Å²) in [5.74, 6) is -0.934. The minimum atomic E-state index is -0.934. The number of urea groups is 1. The summed E-state index contributed by atoms with van der Waals surface area (Å²) in [4.78, 5) is 26.7. The van der Waals surface area contributed by atoms with Gasteiger partial charge in [-0.3, -0.25) is 4.90 Å². The Morgan fingerprint density at radius 2 is 2.00 bits per heavy atom. The van der Waals surface area contributed by atoms with Crippen LogP contribution in [0.1, 0.15) is 29.8 Å². The zero-order valence-corrected chi connectivity index (χ0v) is 11.2. The van der Waals surface area contributed by atoms with E-state index < -0.39 is 5.97 Å². The Morgan fingerprint density at radius 1 is 1.32 bits per heavy atom. The third-order valence-corrected chi connectivity index (χ3v) is 3.49. The second-order valence-corrected chi connectivity index (χ2v) is 4.51. The highest BCUT2D eigenvalue weighted by Crippen LogP contribution is 2.29. The lowest BCUT2D eigenvalue weighted by molar-refractivity contribution is 0.0697. The molecule has 2 rings (SSSR count). The van der Waals surface area contributed by atoms with Crippen LogP contribution in [0.25, 0.3) is 0 Å². The highest BCUT2D eigenvalue weighted by atomic mass is 16.4. The Balaban J connectivity index is 2.27. The van der Waals surface area contributed by atoms with Crippen LogP contribution in [-0.2, 0) is 6.42 Å². The van der Waals surface area contributed by atoms with Gasteiger partial charge in [-0.15, -0.1) is 0 Å². The molecule has 0 bridgehead atoms. The summed E-state index contributed by atoms with van der Waals surface area (Å²) in [7, 11) is 0. The monoisotopic (exact) mass is 262 g/mol. The molecule has 0 radical (unpaired) electrons. The van der Waals surface area contributed by atoms with Gasteiger partial charge in [-0.05, 0) is 44.0 Å². The van der Waals surface area contributed by atoms with Crippen molar-refractivity contribution in [2.24, 2.45) is 0 Å². The molecule has 1 aromatic carbocycles. The summed E-state index contributed by atoms with van der Waals surface area (Å²) in [5.41, 5.74) is 2.04. The lowest BCUT2D eigenvalue weighted by atomic mass is 10.1. The molecule has 5 heteroatoms. The van der Waals surface area contributed by atoms with Crippen LogP contribution in [0.15, 0.2) is 18.2 Å². The van der Waals surface area contributed by atoms with Gasteiger partial charge in [0.2, 0.25) is 0 Å². The molecule has 0 saturated heterocycles. The number of carbonyl (C=O) groups excluding carboxylic acids is 1. The molecule has 1 heterocycles. The van der Waals surface area contributed by atoms with Crippen LogP contribution in [-0.4, -0.2) is 41.6 Å². The average Bonchev–Trinajstić information content (AvgIpc) is 2.82. The number of hydrogen-bond donors (Lipinski definition) is 1. The molecule has 0 aromatic heterocycles. The van der Waals surface area contributed by atoms with Crippen LogP contribution < -0.4 is 4.90 Å². The largest absolute Gasteiger partial charge is 0.478 e.